The van der Waals surface area contributed by atoms with Crippen LogP contribution in [-0.2, 0) is 14.3 Å². The Morgan fingerprint density at radius 2 is 1.89 bits per heavy atom. The Labute approximate surface area is 108 Å². The Morgan fingerprint density at radius 1 is 1.28 bits per heavy atom. The van der Waals surface area contributed by atoms with E-state index in [1.165, 1.54) is 16.2 Å². The zero-order valence-corrected chi connectivity index (χ0v) is 10.6. The number of rotatable bonds is 1. The van der Waals surface area contributed by atoms with Crippen molar-refractivity contribution in [2.75, 3.05) is 4.90 Å². The third-order valence-electron chi connectivity index (χ3n) is 4.08. The lowest BCUT2D eigenvalue weighted by atomic mass is 9.81. The third kappa shape index (κ3) is 1.17. The molecule has 2 amide bonds. The Hall–Kier alpha value is -1.27. The summed E-state index contributed by atoms with van der Waals surface area (Å²) in [6, 6.07) is 0. The fourth-order valence-electron chi connectivity index (χ4n) is 3.34. The highest BCUT2D eigenvalue weighted by molar-refractivity contribution is 7.14. The van der Waals surface area contributed by atoms with E-state index >= 15 is 0 Å². The van der Waals surface area contributed by atoms with E-state index in [1.807, 2.05) is 12.3 Å². The smallest absolute Gasteiger partial charge is 0.242 e. The maximum Gasteiger partial charge on any atom is 0.242 e. The van der Waals surface area contributed by atoms with Crippen LogP contribution in [0.1, 0.15) is 18.5 Å². The second kappa shape index (κ2) is 3.39. The molecule has 3 saturated heterocycles. The molecule has 94 valence electrons. The number of amides is 2. The second-order valence-corrected chi connectivity index (χ2v) is 5.96. The molecule has 1 aromatic heterocycles. The van der Waals surface area contributed by atoms with Gasteiger partial charge in [0.2, 0.25) is 11.8 Å². The van der Waals surface area contributed by atoms with Crippen LogP contribution in [0.2, 0.25) is 0 Å². The van der Waals surface area contributed by atoms with Crippen LogP contribution >= 0.6 is 11.3 Å². The van der Waals surface area contributed by atoms with Crippen LogP contribution in [0.5, 0.6) is 0 Å². The molecule has 3 aliphatic heterocycles. The Morgan fingerprint density at radius 3 is 2.39 bits per heavy atom. The molecule has 3 aliphatic rings. The highest BCUT2D eigenvalue weighted by atomic mass is 32.1. The SMILES string of the molecule is Cc1csc(N2C(=O)[C@@H]3[C@@H](C2=O)[C@@H]2CC[C@@H]3O2)n1. The lowest BCUT2D eigenvalue weighted by Crippen LogP contribution is -2.34. The van der Waals surface area contributed by atoms with E-state index in [0.29, 0.717) is 5.13 Å². The van der Waals surface area contributed by atoms with Gasteiger partial charge in [0.05, 0.1) is 29.7 Å². The summed E-state index contributed by atoms with van der Waals surface area (Å²) in [6.07, 6.45) is 1.69. The number of aryl methyl sites for hydroxylation is 1. The summed E-state index contributed by atoms with van der Waals surface area (Å²) in [7, 11) is 0. The number of ether oxygens (including phenoxy) is 1. The standard InChI is InChI=1S/C12H12N2O3S/c1-5-4-18-12(13-5)14-10(15)8-6-2-3-7(17-6)9(8)11(14)16/h4,6-9H,2-3H2,1H3/t6-,7-,8-,9-/m0/s1. The van der Waals surface area contributed by atoms with Gasteiger partial charge in [0, 0.05) is 5.38 Å². The summed E-state index contributed by atoms with van der Waals surface area (Å²) in [5.74, 6) is -0.765. The summed E-state index contributed by atoms with van der Waals surface area (Å²) in [6.45, 7) is 1.86. The minimum atomic E-state index is -0.263. The van der Waals surface area contributed by atoms with Crippen LogP contribution in [0.25, 0.3) is 0 Å². The van der Waals surface area contributed by atoms with Gasteiger partial charge in [-0.25, -0.2) is 9.88 Å². The molecule has 4 atom stereocenters. The first kappa shape index (κ1) is 10.6. The van der Waals surface area contributed by atoms with Crippen LogP contribution in [0, 0.1) is 18.8 Å². The highest BCUT2D eigenvalue weighted by Gasteiger charge is 2.63. The van der Waals surface area contributed by atoms with E-state index in [1.54, 1.807) is 0 Å². The molecule has 0 N–H and O–H groups in total. The van der Waals surface area contributed by atoms with Crippen molar-refractivity contribution in [1.29, 1.82) is 0 Å². The Bertz CT molecular complexity index is 527. The van der Waals surface area contributed by atoms with Crippen LogP contribution in [0.15, 0.2) is 5.38 Å². The average Bonchev–Trinajstić information content (AvgIpc) is 3.05. The summed E-state index contributed by atoms with van der Waals surface area (Å²) >= 11 is 1.35. The molecular weight excluding hydrogens is 252 g/mol. The monoisotopic (exact) mass is 264 g/mol. The Balaban J connectivity index is 1.75. The van der Waals surface area contributed by atoms with Gasteiger partial charge >= 0.3 is 0 Å². The molecule has 0 aliphatic carbocycles. The van der Waals surface area contributed by atoms with E-state index in [-0.39, 0.29) is 35.9 Å². The van der Waals surface area contributed by atoms with Gasteiger partial charge in [-0.15, -0.1) is 11.3 Å². The first-order chi connectivity index (χ1) is 8.66. The molecule has 4 heterocycles. The van der Waals surface area contributed by atoms with Crippen LogP contribution in [-0.4, -0.2) is 29.0 Å². The molecule has 0 spiro atoms. The quantitative estimate of drug-likeness (QED) is 0.713. The summed E-state index contributed by atoms with van der Waals surface area (Å²) in [5, 5.41) is 2.37. The molecule has 4 rings (SSSR count). The number of aromatic nitrogens is 1. The number of carbonyl (C=O) groups is 2. The van der Waals surface area contributed by atoms with Crippen molar-refractivity contribution in [3.63, 3.8) is 0 Å². The van der Waals surface area contributed by atoms with Gasteiger partial charge in [-0.3, -0.25) is 9.59 Å². The molecule has 6 heteroatoms. The normalized spacial score (nSPS) is 37.7. The first-order valence-corrected chi connectivity index (χ1v) is 7.00. The van der Waals surface area contributed by atoms with Gasteiger partial charge < -0.3 is 4.74 Å². The lowest BCUT2D eigenvalue weighted by Gasteiger charge is -2.14. The third-order valence-corrected chi connectivity index (χ3v) is 5.03. The van der Waals surface area contributed by atoms with Crippen molar-refractivity contribution in [2.24, 2.45) is 11.8 Å². The van der Waals surface area contributed by atoms with Gasteiger partial charge in [0.1, 0.15) is 0 Å². The zero-order valence-electron chi connectivity index (χ0n) is 9.83. The number of thiazole rings is 1. The van der Waals surface area contributed by atoms with E-state index in [0.717, 1.165) is 18.5 Å². The van der Waals surface area contributed by atoms with Crippen molar-refractivity contribution in [3.05, 3.63) is 11.1 Å². The highest BCUT2D eigenvalue weighted by Crippen LogP contribution is 2.49. The number of carbonyl (C=O) groups excluding carboxylic acids is 2. The molecule has 5 nitrogen and oxygen atoms in total. The van der Waals surface area contributed by atoms with Crippen LogP contribution in [0.4, 0.5) is 5.13 Å². The number of hydrogen-bond acceptors (Lipinski definition) is 5. The number of anilines is 1. The topological polar surface area (TPSA) is 59.5 Å². The van der Waals surface area contributed by atoms with Crippen molar-refractivity contribution in [1.82, 2.24) is 4.98 Å². The van der Waals surface area contributed by atoms with Crippen molar-refractivity contribution < 1.29 is 14.3 Å². The lowest BCUT2D eigenvalue weighted by molar-refractivity contribution is -0.124. The van der Waals surface area contributed by atoms with Gasteiger partial charge in [-0.2, -0.15) is 0 Å². The second-order valence-electron chi connectivity index (χ2n) is 5.13. The minimum absolute atomic E-state index is 0.0532. The Kier molecular flexibility index (Phi) is 2.00. The molecule has 0 radical (unpaired) electrons. The summed E-state index contributed by atoms with van der Waals surface area (Å²) in [5.41, 5.74) is 0.840. The van der Waals surface area contributed by atoms with Gasteiger partial charge in [0.15, 0.2) is 5.13 Å². The van der Waals surface area contributed by atoms with Crippen molar-refractivity contribution >= 4 is 28.3 Å². The summed E-state index contributed by atoms with van der Waals surface area (Å²) < 4.78 is 5.68. The molecule has 0 aromatic carbocycles. The number of hydrogen-bond donors (Lipinski definition) is 0. The predicted molar refractivity (Wildman–Crippen MR) is 64.2 cm³/mol. The molecule has 2 bridgehead atoms. The molecule has 0 saturated carbocycles. The fraction of sp³-hybridized carbons (Fsp3) is 0.583. The van der Waals surface area contributed by atoms with Crippen molar-refractivity contribution in [2.45, 2.75) is 32.0 Å². The van der Waals surface area contributed by atoms with Crippen LogP contribution < -0.4 is 4.90 Å². The molecule has 18 heavy (non-hydrogen) atoms. The van der Waals surface area contributed by atoms with E-state index in [4.69, 9.17) is 4.74 Å². The van der Waals surface area contributed by atoms with Gasteiger partial charge in [-0.1, -0.05) is 0 Å². The molecule has 1 aromatic rings. The number of imide groups is 1. The molecular formula is C12H12N2O3S. The van der Waals surface area contributed by atoms with Gasteiger partial charge in [-0.05, 0) is 19.8 Å². The maximum absolute atomic E-state index is 12.4. The maximum atomic E-state index is 12.4. The molecule has 3 fully saturated rings. The largest absolute Gasteiger partial charge is 0.373 e. The van der Waals surface area contributed by atoms with E-state index in [9.17, 15) is 9.59 Å². The van der Waals surface area contributed by atoms with Crippen molar-refractivity contribution in [3.8, 4) is 0 Å². The fourth-order valence-corrected chi connectivity index (χ4v) is 4.16. The van der Waals surface area contributed by atoms with E-state index < -0.39 is 0 Å². The van der Waals surface area contributed by atoms with Gasteiger partial charge in [0.25, 0.3) is 0 Å². The number of fused-ring (bicyclic) bond motifs is 5. The van der Waals surface area contributed by atoms with E-state index in [2.05, 4.69) is 4.98 Å². The summed E-state index contributed by atoms with van der Waals surface area (Å²) in [4.78, 5) is 30.3. The average molecular weight is 264 g/mol. The van der Waals surface area contributed by atoms with Crippen LogP contribution in [0.3, 0.4) is 0 Å². The predicted octanol–water partition coefficient (Wildman–Crippen LogP) is 1.12. The first-order valence-electron chi connectivity index (χ1n) is 6.12. The number of nitrogens with zero attached hydrogens (tertiary/aromatic N) is 2. The minimum Gasteiger partial charge on any atom is -0.373 e. The molecule has 0 unspecified atom stereocenters. The zero-order chi connectivity index (χ0) is 12.4.